The molecule has 60 heavy (non-hydrogen) atoms. The third kappa shape index (κ3) is 5.71. The number of nitrogens with zero attached hydrogens (tertiary/aromatic N) is 3. The number of hydrogen-bond donors (Lipinski definition) is 0. The Morgan fingerprint density at radius 1 is 0.467 bits per heavy atom. The Labute approximate surface area is 351 Å². The van der Waals surface area contributed by atoms with Gasteiger partial charge in [0.25, 0.3) is 0 Å². The van der Waals surface area contributed by atoms with Crippen molar-refractivity contribution in [3.63, 3.8) is 0 Å². The van der Waals surface area contributed by atoms with Gasteiger partial charge in [0.15, 0.2) is 5.82 Å². The highest BCUT2D eigenvalue weighted by molar-refractivity contribution is 7.27. The van der Waals surface area contributed by atoms with Crippen LogP contribution in [0, 0.1) is 0 Å². The Bertz CT molecular complexity index is 3450. The summed E-state index contributed by atoms with van der Waals surface area (Å²) in [5.41, 5.74) is 13.6. The van der Waals surface area contributed by atoms with E-state index in [-0.39, 0.29) is 0 Å². The maximum atomic E-state index is 5.14. The van der Waals surface area contributed by atoms with Gasteiger partial charge in [-0.2, -0.15) is 0 Å². The fourth-order valence-corrected chi connectivity index (χ4v) is 10.5. The second-order valence-electron chi connectivity index (χ2n) is 15.6. The van der Waals surface area contributed by atoms with Gasteiger partial charge in [-0.1, -0.05) is 146 Å². The monoisotopic (exact) mass is 783 g/mol. The molecule has 0 N–H and O–H groups in total. The van der Waals surface area contributed by atoms with Crippen molar-refractivity contribution in [1.82, 2.24) is 14.5 Å². The van der Waals surface area contributed by atoms with Gasteiger partial charge in [-0.25, -0.2) is 9.97 Å². The molecular formula is C56H37N3S. The van der Waals surface area contributed by atoms with Crippen LogP contribution in [0.1, 0.15) is 18.4 Å². The molecule has 11 aromatic rings. The standard InChI is InChI=1S/C56H37N3S/c1-5-15-36(16-6-1)41-27-31-50-46(33-41)53-54(45-24-14-13-23-44(45)52-47-34-42(37-17-7-2-8-18-37)28-32-51(47)60-55(52)53)59(50)43-29-25-40(26-30-43)56-57-48(38-19-9-3-10-20-38)35-49(58-56)39-21-11-4-12-22-39/h1-7,9-17,19-35H,8,18H2. The molecule has 8 aromatic carbocycles. The first-order chi connectivity index (χ1) is 29.7. The number of aromatic nitrogens is 3. The van der Waals surface area contributed by atoms with E-state index in [1.54, 1.807) is 0 Å². The van der Waals surface area contributed by atoms with Gasteiger partial charge in [0.05, 0.1) is 22.4 Å². The van der Waals surface area contributed by atoms with Crippen molar-refractivity contribution in [2.24, 2.45) is 0 Å². The number of thiophene rings is 1. The van der Waals surface area contributed by atoms with Gasteiger partial charge in [-0.05, 0) is 95.1 Å². The lowest BCUT2D eigenvalue weighted by Gasteiger charge is -2.13. The van der Waals surface area contributed by atoms with Crippen LogP contribution in [0.4, 0.5) is 0 Å². The van der Waals surface area contributed by atoms with E-state index in [1.807, 2.05) is 23.5 Å². The van der Waals surface area contributed by atoms with Crippen LogP contribution in [0.5, 0.6) is 0 Å². The third-order valence-electron chi connectivity index (χ3n) is 12.1. The lowest BCUT2D eigenvalue weighted by molar-refractivity contribution is 1.05. The Morgan fingerprint density at radius 3 is 1.77 bits per heavy atom. The molecule has 1 aliphatic carbocycles. The van der Waals surface area contributed by atoms with Gasteiger partial charge >= 0.3 is 0 Å². The lowest BCUT2D eigenvalue weighted by atomic mass is 9.94. The van der Waals surface area contributed by atoms with E-state index in [4.69, 9.17) is 9.97 Å². The molecule has 0 saturated heterocycles. The summed E-state index contributed by atoms with van der Waals surface area (Å²) in [7, 11) is 0. The van der Waals surface area contributed by atoms with Crippen LogP contribution in [0.25, 0.3) is 109 Å². The van der Waals surface area contributed by atoms with Gasteiger partial charge in [-0.3, -0.25) is 0 Å². The number of benzene rings is 8. The van der Waals surface area contributed by atoms with Crippen LogP contribution in [0.15, 0.2) is 200 Å². The number of hydrogen-bond acceptors (Lipinski definition) is 3. The molecule has 0 saturated carbocycles. The zero-order valence-corrected chi connectivity index (χ0v) is 33.5. The molecule has 3 aromatic heterocycles. The summed E-state index contributed by atoms with van der Waals surface area (Å²) in [5.74, 6) is 0.702. The van der Waals surface area contributed by atoms with Crippen LogP contribution < -0.4 is 0 Å². The summed E-state index contributed by atoms with van der Waals surface area (Å²) in [4.78, 5) is 10.3. The molecule has 4 heteroatoms. The van der Waals surface area contributed by atoms with E-state index in [9.17, 15) is 0 Å². The Balaban J connectivity index is 1.10. The number of rotatable bonds is 6. The molecule has 0 aliphatic heterocycles. The molecule has 1 aliphatic rings. The predicted octanol–water partition coefficient (Wildman–Crippen LogP) is 15.5. The van der Waals surface area contributed by atoms with Crippen LogP contribution >= 0.6 is 11.3 Å². The van der Waals surface area contributed by atoms with E-state index >= 15 is 0 Å². The highest BCUT2D eigenvalue weighted by Crippen LogP contribution is 2.49. The SMILES string of the molecule is C1=CCCC(c2ccc3sc4c(c3c2)c2ccccc2c2c4c3cc(-c4ccccc4)ccc3n2-c2ccc(-c3nc(-c4ccccc4)cc(-c4ccccc4)n3)cc2)=C1. The molecule has 12 rings (SSSR count). The van der Waals surface area contributed by atoms with Crippen molar-refractivity contribution in [1.29, 1.82) is 0 Å². The molecule has 0 fully saturated rings. The molecular weight excluding hydrogens is 747 g/mol. The largest absolute Gasteiger partial charge is 0.309 e. The van der Waals surface area contributed by atoms with Gasteiger partial charge in [0, 0.05) is 58.7 Å². The van der Waals surface area contributed by atoms with E-state index < -0.39 is 0 Å². The van der Waals surface area contributed by atoms with Crippen LogP contribution in [-0.2, 0) is 0 Å². The van der Waals surface area contributed by atoms with Crippen LogP contribution in [0.3, 0.4) is 0 Å². The minimum atomic E-state index is 0.702. The van der Waals surface area contributed by atoms with Crippen molar-refractivity contribution in [2.45, 2.75) is 12.8 Å². The van der Waals surface area contributed by atoms with E-state index in [1.165, 1.54) is 75.0 Å². The normalized spacial score (nSPS) is 12.9. The van der Waals surface area contributed by atoms with Crippen LogP contribution in [-0.4, -0.2) is 14.5 Å². The fourth-order valence-electron chi connectivity index (χ4n) is 9.20. The highest BCUT2D eigenvalue weighted by atomic mass is 32.1. The number of allylic oxidation sites excluding steroid dienone is 4. The minimum Gasteiger partial charge on any atom is -0.309 e. The number of fused-ring (bicyclic) bond motifs is 10. The van der Waals surface area contributed by atoms with E-state index in [0.29, 0.717) is 5.82 Å². The summed E-state index contributed by atoms with van der Waals surface area (Å²) < 4.78 is 5.13. The van der Waals surface area contributed by atoms with E-state index in [2.05, 4.69) is 193 Å². The summed E-state index contributed by atoms with van der Waals surface area (Å²) in [6.45, 7) is 0. The third-order valence-corrected chi connectivity index (χ3v) is 13.3. The Kier molecular flexibility index (Phi) is 8.17. The predicted molar refractivity (Wildman–Crippen MR) is 255 cm³/mol. The van der Waals surface area contributed by atoms with Crippen LogP contribution in [0.2, 0.25) is 0 Å². The molecule has 3 heterocycles. The summed E-state index contributed by atoms with van der Waals surface area (Å²) >= 11 is 1.92. The molecule has 0 spiro atoms. The molecule has 0 atom stereocenters. The molecule has 0 radical (unpaired) electrons. The van der Waals surface area contributed by atoms with E-state index in [0.717, 1.165) is 46.6 Å². The minimum absolute atomic E-state index is 0.702. The van der Waals surface area contributed by atoms with Gasteiger partial charge < -0.3 is 4.57 Å². The zero-order valence-electron chi connectivity index (χ0n) is 32.7. The van der Waals surface area contributed by atoms with Crippen molar-refractivity contribution in [2.75, 3.05) is 0 Å². The highest BCUT2D eigenvalue weighted by Gasteiger charge is 2.23. The smallest absolute Gasteiger partial charge is 0.160 e. The van der Waals surface area contributed by atoms with Crippen molar-refractivity contribution < 1.29 is 0 Å². The Morgan fingerprint density at radius 2 is 1.08 bits per heavy atom. The van der Waals surface area contributed by atoms with Gasteiger partial charge in [-0.15, -0.1) is 11.3 Å². The Hall–Kier alpha value is -7.40. The molecule has 0 bridgehead atoms. The summed E-state index contributed by atoms with van der Waals surface area (Å²) in [6, 6.07) is 65.6. The fraction of sp³-hybridized carbons (Fsp3) is 0.0357. The summed E-state index contributed by atoms with van der Waals surface area (Å²) in [6.07, 6.45) is 8.91. The van der Waals surface area contributed by atoms with Gasteiger partial charge in [0.1, 0.15) is 0 Å². The van der Waals surface area contributed by atoms with Crippen molar-refractivity contribution >= 4 is 69.7 Å². The maximum Gasteiger partial charge on any atom is 0.160 e. The second kappa shape index (κ2) is 14.2. The summed E-state index contributed by atoms with van der Waals surface area (Å²) in [5, 5.41) is 7.76. The molecule has 3 nitrogen and oxygen atoms in total. The maximum absolute atomic E-state index is 5.14. The molecule has 0 unspecified atom stereocenters. The first-order valence-electron chi connectivity index (χ1n) is 20.6. The van der Waals surface area contributed by atoms with Gasteiger partial charge in [0.2, 0.25) is 0 Å². The topological polar surface area (TPSA) is 30.7 Å². The average Bonchev–Trinajstić information content (AvgIpc) is 3.89. The lowest BCUT2D eigenvalue weighted by Crippen LogP contribution is -1.97. The molecule has 0 amide bonds. The van der Waals surface area contributed by atoms with Crippen molar-refractivity contribution in [3.8, 4) is 50.7 Å². The first kappa shape index (κ1) is 34.6. The molecule has 282 valence electrons. The zero-order chi connectivity index (χ0) is 39.6. The quantitative estimate of drug-likeness (QED) is 0.168. The van der Waals surface area contributed by atoms with Crippen molar-refractivity contribution in [3.05, 3.63) is 206 Å². The average molecular weight is 784 g/mol. The second-order valence-corrected chi connectivity index (χ2v) is 16.7. The first-order valence-corrected chi connectivity index (χ1v) is 21.4.